The molecule has 0 spiro atoms. The molecule has 0 aliphatic heterocycles. The number of imidazole rings is 1. The SMILES string of the molecule is CCCCN(CCCC)CCCn1c(CCCN)nc2cc(C(F)(F)F)ccc21. The third-order valence-corrected chi connectivity index (χ3v) is 5.27. The van der Waals surface area contributed by atoms with Crippen molar-refractivity contribution in [1.29, 1.82) is 0 Å². The number of benzene rings is 1. The van der Waals surface area contributed by atoms with Crippen molar-refractivity contribution in [3.8, 4) is 0 Å². The van der Waals surface area contributed by atoms with Crippen molar-refractivity contribution in [2.75, 3.05) is 26.2 Å². The molecule has 164 valence electrons. The van der Waals surface area contributed by atoms with Crippen molar-refractivity contribution in [1.82, 2.24) is 14.5 Å². The first-order valence-corrected chi connectivity index (χ1v) is 10.9. The highest BCUT2D eigenvalue weighted by atomic mass is 19.4. The van der Waals surface area contributed by atoms with E-state index in [4.69, 9.17) is 5.73 Å². The molecule has 0 bridgehead atoms. The molecule has 0 fully saturated rings. The molecule has 1 aromatic heterocycles. The van der Waals surface area contributed by atoms with Crippen LogP contribution in [0.4, 0.5) is 13.2 Å². The van der Waals surface area contributed by atoms with Crippen LogP contribution in [0.25, 0.3) is 11.0 Å². The Kier molecular flexibility index (Phi) is 9.43. The lowest BCUT2D eigenvalue weighted by Gasteiger charge is -2.22. The second-order valence-electron chi connectivity index (χ2n) is 7.68. The summed E-state index contributed by atoms with van der Waals surface area (Å²) in [5.74, 6) is 0.832. The number of aromatic nitrogens is 2. The monoisotopic (exact) mass is 412 g/mol. The average molecular weight is 413 g/mol. The minimum absolute atomic E-state index is 0.417. The zero-order valence-electron chi connectivity index (χ0n) is 17.8. The number of halogens is 3. The molecule has 0 atom stereocenters. The third kappa shape index (κ3) is 7.00. The van der Waals surface area contributed by atoms with Gasteiger partial charge in [-0.25, -0.2) is 4.98 Å². The molecular formula is C22H35F3N4. The predicted molar refractivity (Wildman–Crippen MR) is 113 cm³/mol. The standard InChI is InChI=1S/C22H35F3N4/c1-3-5-13-28(14-6-4-2)15-8-16-29-20-11-10-18(22(23,24)25)17-19(20)27-21(29)9-7-12-26/h10-11,17H,3-9,12-16,26H2,1-2H3. The Morgan fingerprint density at radius 2 is 1.66 bits per heavy atom. The number of aryl methyl sites for hydroxylation is 2. The first kappa shape index (κ1) is 23.7. The van der Waals surface area contributed by atoms with Gasteiger partial charge in [-0.1, -0.05) is 26.7 Å². The van der Waals surface area contributed by atoms with Crippen LogP contribution in [-0.2, 0) is 19.1 Å². The lowest BCUT2D eigenvalue weighted by molar-refractivity contribution is -0.137. The summed E-state index contributed by atoms with van der Waals surface area (Å²) in [6.45, 7) is 8.92. The lowest BCUT2D eigenvalue weighted by atomic mass is 10.2. The second-order valence-corrected chi connectivity index (χ2v) is 7.68. The van der Waals surface area contributed by atoms with Gasteiger partial charge in [0.15, 0.2) is 0 Å². The van der Waals surface area contributed by atoms with E-state index in [1.165, 1.54) is 25.7 Å². The molecule has 0 radical (unpaired) electrons. The molecule has 7 heteroatoms. The highest BCUT2D eigenvalue weighted by Crippen LogP contribution is 2.31. The van der Waals surface area contributed by atoms with E-state index in [0.29, 0.717) is 18.5 Å². The van der Waals surface area contributed by atoms with Crippen molar-refractivity contribution in [2.45, 2.75) is 71.5 Å². The molecule has 0 amide bonds. The van der Waals surface area contributed by atoms with Crippen molar-refractivity contribution >= 4 is 11.0 Å². The van der Waals surface area contributed by atoms with E-state index in [9.17, 15) is 13.2 Å². The van der Waals surface area contributed by atoms with Crippen LogP contribution in [-0.4, -0.2) is 40.6 Å². The molecule has 4 nitrogen and oxygen atoms in total. The van der Waals surface area contributed by atoms with Crippen LogP contribution < -0.4 is 5.73 Å². The molecule has 2 rings (SSSR count). The van der Waals surface area contributed by atoms with Crippen molar-refractivity contribution in [2.24, 2.45) is 5.73 Å². The summed E-state index contributed by atoms with van der Waals surface area (Å²) in [6, 6.07) is 3.87. The third-order valence-electron chi connectivity index (χ3n) is 5.27. The van der Waals surface area contributed by atoms with E-state index in [-0.39, 0.29) is 0 Å². The highest BCUT2D eigenvalue weighted by molar-refractivity contribution is 5.77. The predicted octanol–water partition coefficient (Wildman–Crippen LogP) is 5.24. The second kappa shape index (κ2) is 11.6. The van der Waals surface area contributed by atoms with Gasteiger partial charge in [0.25, 0.3) is 0 Å². The Bertz CT molecular complexity index is 731. The molecule has 2 aromatic rings. The quantitative estimate of drug-likeness (QED) is 0.489. The zero-order valence-corrected chi connectivity index (χ0v) is 17.8. The summed E-state index contributed by atoms with van der Waals surface area (Å²) in [5, 5.41) is 0. The maximum Gasteiger partial charge on any atom is 0.416 e. The fourth-order valence-electron chi connectivity index (χ4n) is 3.61. The number of alkyl halides is 3. The fourth-order valence-corrected chi connectivity index (χ4v) is 3.61. The van der Waals surface area contributed by atoms with E-state index >= 15 is 0 Å². The molecule has 0 unspecified atom stereocenters. The molecule has 0 saturated carbocycles. The van der Waals surface area contributed by atoms with Crippen molar-refractivity contribution in [3.05, 3.63) is 29.6 Å². The van der Waals surface area contributed by atoms with Gasteiger partial charge in [-0.15, -0.1) is 0 Å². The van der Waals surface area contributed by atoms with E-state index in [1.807, 2.05) is 0 Å². The van der Waals surface area contributed by atoms with Crippen molar-refractivity contribution in [3.63, 3.8) is 0 Å². The molecule has 1 aromatic carbocycles. The van der Waals surface area contributed by atoms with Crippen LogP contribution in [0.5, 0.6) is 0 Å². The van der Waals surface area contributed by atoms with Crippen LogP contribution in [0.15, 0.2) is 18.2 Å². The first-order chi connectivity index (χ1) is 13.9. The Balaban J connectivity index is 2.16. The van der Waals surface area contributed by atoms with E-state index in [2.05, 4.69) is 28.3 Å². The Morgan fingerprint density at radius 3 is 2.24 bits per heavy atom. The van der Waals surface area contributed by atoms with Crippen LogP contribution in [0, 0.1) is 0 Å². The Labute approximate surface area is 172 Å². The number of rotatable bonds is 13. The van der Waals surface area contributed by atoms with E-state index in [0.717, 1.165) is 62.5 Å². The van der Waals surface area contributed by atoms with Gasteiger partial charge >= 0.3 is 6.18 Å². The molecule has 29 heavy (non-hydrogen) atoms. The minimum atomic E-state index is -4.35. The van der Waals surface area contributed by atoms with Gasteiger partial charge in [-0.05, 0) is 70.1 Å². The number of fused-ring (bicyclic) bond motifs is 1. The highest BCUT2D eigenvalue weighted by Gasteiger charge is 2.31. The van der Waals surface area contributed by atoms with Gasteiger partial charge < -0.3 is 15.2 Å². The van der Waals surface area contributed by atoms with Gasteiger partial charge in [0.05, 0.1) is 16.6 Å². The van der Waals surface area contributed by atoms with E-state index < -0.39 is 11.7 Å². The number of hydrogen-bond donors (Lipinski definition) is 1. The molecule has 0 saturated heterocycles. The van der Waals surface area contributed by atoms with Crippen LogP contribution >= 0.6 is 0 Å². The minimum Gasteiger partial charge on any atom is -0.330 e. The topological polar surface area (TPSA) is 47.1 Å². The van der Waals surface area contributed by atoms with Crippen LogP contribution in [0.1, 0.15) is 63.8 Å². The smallest absolute Gasteiger partial charge is 0.330 e. The first-order valence-electron chi connectivity index (χ1n) is 10.9. The summed E-state index contributed by atoms with van der Waals surface area (Å²) in [7, 11) is 0. The maximum absolute atomic E-state index is 13.1. The molecule has 1 heterocycles. The fraction of sp³-hybridized carbons (Fsp3) is 0.682. The average Bonchev–Trinajstić information content (AvgIpc) is 3.04. The summed E-state index contributed by atoms with van der Waals surface area (Å²) < 4.78 is 41.3. The maximum atomic E-state index is 13.1. The Hall–Kier alpha value is -1.60. The van der Waals surface area contributed by atoms with Gasteiger partial charge in [-0.3, -0.25) is 0 Å². The summed E-state index contributed by atoms with van der Waals surface area (Å²) in [4.78, 5) is 7.02. The lowest BCUT2D eigenvalue weighted by Crippen LogP contribution is -2.28. The summed E-state index contributed by atoms with van der Waals surface area (Å²) in [5.41, 5.74) is 6.19. The van der Waals surface area contributed by atoms with E-state index in [1.54, 1.807) is 6.07 Å². The normalized spacial score (nSPS) is 12.4. The van der Waals surface area contributed by atoms with Crippen molar-refractivity contribution < 1.29 is 13.2 Å². The summed E-state index contributed by atoms with van der Waals surface area (Å²) in [6.07, 6.45) is 2.80. The zero-order chi connectivity index (χ0) is 21.3. The van der Waals surface area contributed by atoms with Crippen LogP contribution in [0.2, 0.25) is 0 Å². The van der Waals surface area contributed by atoms with Gasteiger partial charge in [0.2, 0.25) is 0 Å². The van der Waals surface area contributed by atoms with Crippen LogP contribution in [0.3, 0.4) is 0 Å². The number of nitrogens with zero attached hydrogens (tertiary/aromatic N) is 3. The van der Waals surface area contributed by atoms with Gasteiger partial charge in [0.1, 0.15) is 5.82 Å². The number of unbranched alkanes of at least 4 members (excludes halogenated alkanes) is 2. The molecule has 0 aliphatic rings. The molecule has 2 N–H and O–H groups in total. The summed E-state index contributed by atoms with van der Waals surface area (Å²) >= 11 is 0. The number of nitrogens with two attached hydrogens (primary N) is 1. The molecule has 0 aliphatic carbocycles. The van der Waals surface area contributed by atoms with Gasteiger partial charge in [0, 0.05) is 13.0 Å². The van der Waals surface area contributed by atoms with Gasteiger partial charge in [-0.2, -0.15) is 13.2 Å². The molecular weight excluding hydrogens is 377 g/mol. The Morgan fingerprint density at radius 1 is 1.00 bits per heavy atom. The largest absolute Gasteiger partial charge is 0.416 e. The number of hydrogen-bond acceptors (Lipinski definition) is 3.